The Bertz CT molecular complexity index is 946. The molecule has 130 valence electrons. The second kappa shape index (κ2) is 7.19. The molecule has 4 heteroatoms. The second-order valence-electron chi connectivity index (χ2n) is 6.87. The van der Waals surface area contributed by atoms with E-state index in [0.717, 1.165) is 35.2 Å². The lowest BCUT2D eigenvalue weighted by atomic mass is 10.1. The van der Waals surface area contributed by atoms with Gasteiger partial charge in [0, 0.05) is 42.4 Å². The van der Waals surface area contributed by atoms with Crippen LogP contribution in [0.5, 0.6) is 0 Å². The van der Waals surface area contributed by atoms with E-state index in [4.69, 9.17) is 4.42 Å². The maximum atomic E-state index is 11.6. The van der Waals surface area contributed by atoms with Gasteiger partial charge in [0.25, 0.3) is 0 Å². The lowest BCUT2D eigenvalue weighted by Gasteiger charge is -2.24. The van der Waals surface area contributed by atoms with Gasteiger partial charge in [-0.3, -0.25) is 9.88 Å². The topological polar surface area (TPSA) is 46.3 Å². The monoisotopic (exact) mass is 336 g/mol. The van der Waals surface area contributed by atoms with E-state index in [1.165, 1.54) is 11.6 Å². The molecular formula is C21H24N2O2. The summed E-state index contributed by atoms with van der Waals surface area (Å²) in [6.07, 6.45) is 2.77. The van der Waals surface area contributed by atoms with E-state index >= 15 is 0 Å². The van der Waals surface area contributed by atoms with Crippen LogP contribution < -0.4 is 5.63 Å². The molecule has 1 atom stereocenters. The highest BCUT2D eigenvalue weighted by Crippen LogP contribution is 2.19. The molecule has 0 aliphatic rings. The molecule has 0 radical (unpaired) electrons. The number of nitrogens with zero attached hydrogens (tertiary/aromatic N) is 2. The fraction of sp³-hybridized carbons (Fsp3) is 0.333. The number of fused-ring (bicyclic) bond motifs is 1. The number of aromatic nitrogens is 1. The summed E-state index contributed by atoms with van der Waals surface area (Å²) in [5.74, 6) is 0. The highest BCUT2D eigenvalue weighted by atomic mass is 16.4. The maximum Gasteiger partial charge on any atom is 0.336 e. The fourth-order valence-corrected chi connectivity index (χ4v) is 3.08. The second-order valence-corrected chi connectivity index (χ2v) is 6.87. The van der Waals surface area contributed by atoms with Crippen molar-refractivity contribution in [2.45, 2.75) is 39.8 Å². The Morgan fingerprint density at radius 1 is 1.16 bits per heavy atom. The van der Waals surface area contributed by atoms with Gasteiger partial charge in [-0.1, -0.05) is 12.1 Å². The average molecular weight is 336 g/mol. The van der Waals surface area contributed by atoms with Crippen molar-refractivity contribution in [2.75, 3.05) is 7.05 Å². The Kier molecular flexibility index (Phi) is 5.00. The van der Waals surface area contributed by atoms with Crippen LogP contribution in [0.3, 0.4) is 0 Å². The SMILES string of the molecule is Cc1ccnc(C[C@H](C)N(C)Cc2ccc3c(C)cc(=O)oc3c2)c1. The van der Waals surface area contributed by atoms with Crippen molar-refractivity contribution in [2.24, 2.45) is 0 Å². The fourth-order valence-electron chi connectivity index (χ4n) is 3.08. The van der Waals surface area contributed by atoms with Gasteiger partial charge >= 0.3 is 5.63 Å². The molecule has 3 rings (SSSR count). The molecule has 2 aromatic heterocycles. The molecule has 0 N–H and O–H groups in total. The summed E-state index contributed by atoms with van der Waals surface area (Å²) in [7, 11) is 2.11. The van der Waals surface area contributed by atoms with Crippen LogP contribution in [0, 0.1) is 13.8 Å². The summed E-state index contributed by atoms with van der Waals surface area (Å²) in [4.78, 5) is 18.3. The van der Waals surface area contributed by atoms with Crippen LogP contribution in [0.15, 0.2) is 51.8 Å². The van der Waals surface area contributed by atoms with Gasteiger partial charge in [-0.05, 0) is 62.7 Å². The third-order valence-corrected chi connectivity index (χ3v) is 4.68. The van der Waals surface area contributed by atoms with E-state index in [1.807, 2.05) is 31.3 Å². The molecule has 0 unspecified atom stereocenters. The number of hydrogen-bond donors (Lipinski definition) is 0. The van der Waals surface area contributed by atoms with Crippen molar-refractivity contribution in [3.63, 3.8) is 0 Å². The molecule has 0 aliphatic heterocycles. The van der Waals surface area contributed by atoms with Crippen LogP contribution in [0.2, 0.25) is 0 Å². The predicted molar refractivity (Wildman–Crippen MR) is 101 cm³/mol. The van der Waals surface area contributed by atoms with Gasteiger partial charge in [0.05, 0.1) is 0 Å². The third-order valence-electron chi connectivity index (χ3n) is 4.68. The first-order chi connectivity index (χ1) is 11.9. The molecule has 3 aromatic rings. The third kappa shape index (κ3) is 4.15. The van der Waals surface area contributed by atoms with E-state index in [-0.39, 0.29) is 5.63 Å². The van der Waals surface area contributed by atoms with Crippen molar-refractivity contribution in [1.82, 2.24) is 9.88 Å². The minimum absolute atomic E-state index is 0.297. The zero-order valence-electron chi connectivity index (χ0n) is 15.2. The normalized spacial score (nSPS) is 12.7. The largest absolute Gasteiger partial charge is 0.423 e. The number of likely N-dealkylation sites (N-methyl/N-ethyl adjacent to an activating group) is 1. The number of pyridine rings is 1. The van der Waals surface area contributed by atoms with E-state index in [9.17, 15) is 4.79 Å². The average Bonchev–Trinajstić information content (AvgIpc) is 2.54. The standard InChI is InChI=1S/C21H24N2O2/c1-14-7-8-22-18(9-14)11-16(3)23(4)13-17-5-6-19-15(2)10-21(24)25-20(19)12-17/h5-10,12,16H,11,13H2,1-4H3/t16-/m0/s1. The summed E-state index contributed by atoms with van der Waals surface area (Å²) < 4.78 is 5.35. The zero-order valence-corrected chi connectivity index (χ0v) is 15.2. The first-order valence-electron chi connectivity index (χ1n) is 8.57. The van der Waals surface area contributed by atoms with Crippen LogP contribution in [0.1, 0.15) is 29.3 Å². The lowest BCUT2D eigenvalue weighted by Crippen LogP contribution is -2.30. The summed E-state index contributed by atoms with van der Waals surface area (Å²) >= 11 is 0. The maximum absolute atomic E-state index is 11.6. The quantitative estimate of drug-likeness (QED) is 0.664. The van der Waals surface area contributed by atoms with Crippen molar-refractivity contribution in [3.05, 3.63) is 75.4 Å². The molecule has 0 saturated carbocycles. The van der Waals surface area contributed by atoms with Gasteiger partial charge in [-0.15, -0.1) is 0 Å². The van der Waals surface area contributed by atoms with Gasteiger partial charge < -0.3 is 4.42 Å². The minimum atomic E-state index is -0.297. The van der Waals surface area contributed by atoms with E-state index in [1.54, 1.807) is 0 Å². The number of aryl methyl sites for hydroxylation is 2. The van der Waals surface area contributed by atoms with Crippen molar-refractivity contribution in [3.8, 4) is 0 Å². The Hall–Kier alpha value is -2.46. The first-order valence-corrected chi connectivity index (χ1v) is 8.57. The summed E-state index contributed by atoms with van der Waals surface area (Å²) in [6, 6.07) is 12.1. The molecule has 0 aliphatic carbocycles. The number of rotatable bonds is 5. The minimum Gasteiger partial charge on any atom is -0.423 e. The zero-order chi connectivity index (χ0) is 18.0. The Labute approximate surface area is 148 Å². The molecule has 4 nitrogen and oxygen atoms in total. The van der Waals surface area contributed by atoms with Gasteiger partial charge in [-0.25, -0.2) is 4.79 Å². The molecular weight excluding hydrogens is 312 g/mol. The molecule has 0 spiro atoms. The Morgan fingerprint density at radius 3 is 2.72 bits per heavy atom. The molecule has 0 bridgehead atoms. The predicted octanol–water partition coefficient (Wildman–Crippen LogP) is 3.87. The van der Waals surface area contributed by atoms with Gasteiger partial charge in [0.1, 0.15) is 5.58 Å². The number of benzene rings is 1. The van der Waals surface area contributed by atoms with E-state index in [2.05, 4.69) is 42.9 Å². The van der Waals surface area contributed by atoms with Crippen LogP contribution in [-0.2, 0) is 13.0 Å². The van der Waals surface area contributed by atoms with Gasteiger partial charge in [-0.2, -0.15) is 0 Å². The highest BCUT2D eigenvalue weighted by Gasteiger charge is 2.12. The number of hydrogen-bond acceptors (Lipinski definition) is 4. The van der Waals surface area contributed by atoms with Gasteiger partial charge in [0.2, 0.25) is 0 Å². The molecule has 0 amide bonds. The van der Waals surface area contributed by atoms with Crippen molar-refractivity contribution >= 4 is 11.0 Å². The van der Waals surface area contributed by atoms with Crippen LogP contribution >= 0.6 is 0 Å². The summed E-state index contributed by atoms with van der Waals surface area (Å²) in [6.45, 7) is 7.02. The van der Waals surface area contributed by atoms with Crippen LogP contribution in [0.4, 0.5) is 0 Å². The summed E-state index contributed by atoms with van der Waals surface area (Å²) in [5.41, 5.74) is 4.79. The van der Waals surface area contributed by atoms with Crippen molar-refractivity contribution in [1.29, 1.82) is 0 Å². The smallest absolute Gasteiger partial charge is 0.336 e. The highest BCUT2D eigenvalue weighted by molar-refractivity contribution is 5.80. The van der Waals surface area contributed by atoms with Crippen LogP contribution in [0.25, 0.3) is 11.0 Å². The van der Waals surface area contributed by atoms with E-state index < -0.39 is 0 Å². The summed E-state index contributed by atoms with van der Waals surface area (Å²) in [5, 5.41) is 0.989. The molecule has 0 saturated heterocycles. The van der Waals surface area contributed by atoms with Crippen molar-refractivity contribution < 1.29 is 4.42 Å². The Balaban J connectivity index is 1.74. The molecule has 2 heterocycles. The molecule has 0 fully saturated rings. The van der Waals surface area contributed by atoms with E-state index in [0.29, 0.717) is 11.6 Å². The first kappa shape index (κ1) is 17.4. The lowest BCUT2D eigenvalue weighted by molar-refractivity contribution is 0.247. The van der Waals surface area contributed by atoms with Crippen LogP contribution in [-0.4, -0.2) is 23.0 Å². The molecule has 1 aromatic carbocycles. The molecule has 25 heavy (non-hydrogen) atoms. The van der Waals surface area contributed by atoms with Gasteiger partial charge in [0.15, 0.2) is 0 Å². The Morgan fingerprint density at radius 2 is 1.96 bits per heavy atom.